The molecule has 0 bridgehead atoms. The number of amides is 1. The standard InChI is InChI=1S/C21H21ClN2O3.CH2O2/c1-11(2)21(26)24-18-9-14-12(3)8-16(23-17(14)10-15(18)22)13-6-5-7-19(27-4)20(13)25;2-1-3/h5-11,25H,1-4H3,(H,24,26);1H,(H,2,3). The fourth-order valence-corrected chi connectivity index (χ4v) is 3.03. The number of phenolic OH excluding ortho intramolecular Hbond substituents is 1. The van der Waals surface area contributed by atoms with Crippen LogP contribution in [0.1, 0.15) is 19.4 Å². The van der Waals surface area contributed by atoms with Crippen molar-refractivity contribution in [3.63, 3.8) is 0 Å². The minimum absolute atomic E-state index is 0.0400. The number of nitrogens with one attached hydrogen (secondary N) is 1. The van der Waals surface area contributed by atoms with Crippen LogP contribution in [-0.2, 0) is 9.59 Å². The number of hydrogen-bond donors (Lipinski definition) is 3. The number of hydrogen-bond acceptors (Lipinski definition) is 5. The van der Waals surface area contributed by atoms with Crippen LogP contribution in [0, 0.1) is 12.8 Å². The lowest BCUT2D eigenvalue weighted by Gasteiger charge is -2.13. The summed E-state index contributed by atoms with van der Waals surface area (Å²) in [7, 11) is 1.50. The molecule has 0 spiro atoms. The van der Waals surface area contributed by atoms with Crippen molar-refractivity contribution >= 4 is 40.6 Å². The molecule has 1 heterocycles. The van der Waals surface area contributed by atoms with E-state index in [1.54, 1.807) is 24.3 Å². The molecule has 0 aliphatic rings. The number of aryl methyl sites for hydroxylation is 1. The number of carbonyl (C=O) groups excluding carboxylic acids is 1. The van der Waals surface area contributed by atoms with E-state index in [1.165, 1.54) is 7.11 Å². The number of methoxy groups -OCH3 is 1. The number of rotatable bonds is 4. The van der Waals surface area contributed by atoms with Crippen molar-refractivity contribution in [3.05, 3.63) is 47.0 Å². The number of anilines is 1. The second-order valence-electron chi connectivity index (χ2n) is 6.78. The molecule has 3 rings (SSSR count). The summed E-state index contributed by atoms with van der Waals surface area (Å²) in [5, 5.41) is 21.4. The molecule has 30 heavy (non-hydrogen) atoms. The molecule has 158 valence electrons. The van der Waals surface area contributed by atoms with Crippen molar-refractivity contribution in [1.29, 1.82) is 0 Å². The Bertz CT molecular complexity index is 1080. The van der Waals surface area contributed by atoms with Crippen LogP contribution in [0.15, 0.2) is 36.4 Å². The second kappa shape index (κ2) is 9.93. The number of carboxylic acid groups (broad SMARTS) is 1. The average molecular weight is 431 g/mol. The maximum Gasteiger partial charge on any atom is 0.290 e. The Hall–Kier alpha value is -3.32. The fourth-order valence-electron chi connectivity index (χ4n) is 2.82. The highest BCUT2D eigenvalue weighted by Crippen LogP contribution is 2.38. The van der Waals surface area contributed by atoms with Gasteiger partial charge < -0.3 is 20.3 Å². The van der Waals surface area contributed by atoms with Crippen LogP contribution >= 0.6 is 11.6 Å². The van der Waals surface area contributed by atoms with Crippen molar-refractivity contribution in [2.24, 2.45) is 5.92 Å². The van der Waals surface area contributed by atoms with Crippen molar-refractivity contribution in [1.82, 2.24) is 4.98 Å². The van der Waals surface area contributed by atoms with Crippen LogP contribution < -0.4 is 10.1 Å². The number of nitrogens with zero attached hydrogens (tertiary/aromatic N) is 1. The van der Waals surface area contributed by atoms with Crippen molar-refractivity contribution in [3.8, 4) is 22.8 Å². The molecule has 0 radical (unpaired) electrons. The topological polar surface area (TPSA) is 109 Å². The van der Waals surface area contributed by atoms with Crippen LogP contribution in [0.5, 0.6) is 11.5 Å². The number of benzene rings is 2. The van der Waals surface area contributed by atoms with Crippen LogP contribution in [0.3, 0.4) is 0 Å². The summed E-state index contributed by atoms with van der Waals surface area (Å²) in [5.74, 6) is 0.184. The van der Waals surface area contributed by atoms with Crippen LogP contribution in [0.25, 0.3) is 22.2 Å². The molecule has 0 aliphatic heterocycles. The minimum Gasteiger partial charge on any atom is -0.504 e. The quantitative estimate of drug-likeness (QED) is 0.509. The highest BCUT2D eigenvalue weighted by Gasteiger charge is 2.15. The molecule has 0 aliphatic carbocycles. The van der Waals surface area contributed by atoms with Gasteiger partial charge in [-0.3, -0.25) is 9.59 Å². The molecular weight excluding hydrogens is 408 g/mol. The lowest BCUT2D eigenvalue weighted by Crippen LogP contribution is -2.18. The zero-order chi connectivity index (χ0) is 22.4. The number of fused-ring (bicyclic) bond motifs is 1. The molecule has 2 aromatic carbocycles. The average Bonchev–Trinajstić information content (AvgIpc) is 2.69. The van der Waals surface area contributed by atoms with E-state index in [-0.39, 0.29) is 24.0 Å². The first-order chi connectivity index (χ1) is 14.2. The number of halogens is 1. The van der Waals surface area contributed by atoms with Crippen molar-refractivity contribution in [2.45, 2.75) is 20.8 Å². The van der Waals surface area contributed by atoms with Gasteiger partial charge in [0.05, 0.1) is 29.0 Å². The third-order valence-electron chi connectivity index (χ3n) is 4.38. The molecule has 0 saturated heterocycles. The lowest BCUT2D eigenvalue weighted by atomic mass is 10.0. The number of carbonyl (C=O) groups is 2. The van der Waals surface area contributed by atoms with Crippen molar-refractivity contribution < 1.29 is 24.5 Å². The SMILES string of the molecule is COc1cccc(-c2cc(C)c3cc(NC(=O)C(C)C)c(Cl)cc3n2)c1O.O=CO. The van der Waals surface area contributed by atoms with E-state index >= 15 is 0 Å². The molecule has 0 fully saturated rings. The molecule has 1 amide bonds. The van der Waals surface area contributed by atoms with Crippen LogP contribution in [0.4, 0.5) is 5.69 Å². The van der Waals surface area contributed by atoms with E-state index in [9.17, 15) is 9.90 Å². The molecule has 7 nitrogen and oxygen atoms in total. The predicted molar refractivity (Wildman–Crippen MR) is 117 cm³/mol. The Balaban J connectivity index is 0.00000101. The maximum absolute atomic E-state index is 12.0. The lowest BCUT2D eigenvalue weighted by molar-refractivity contribution is -0.123. The molecule has 0 unspecified atom stereocenters. The van der Waals surface area contributed by atoms with Crippen LogP contribution in [0.2, 0.25) is 5.02 Å². The number of pyridine rings is 1. The Morgan fingerprint density at radius 2 is 1.93 bits per heavy atom. The summed E-state index contributed by atoms with van der Waals surface area (Å²) in [6.07, 6.45) is 0. The Kier molecular flexibility index (Phi) is 7.60. The van der Waals surface area contributed by atoms with Gasteiger partial charge in [0.2, 0.25) is 5.91 Å². The zero-order valence-corrected chi connectivity index (χ0v) is 17.8. The normalized spacial score (nSPS) is 10.3. The zero-order valence-electron chi connectivity index (χ0n) is 17.1. The number of phenols is 1. The predicted octanol–water partition coefficient (Wildman–Crippen LogP) is 4.87. The Labute approximate surface area is 179 Å². The van der Waals surface area contributed by atoms with Gasteiger partial charge in [-0.15, -0.1) is 0 Å². The first kappa shape index (κ1) is 23.0. The number of aromatic hydroxyl groups is 1. The Morgan fingerprint density at radius 1 is 1.27 bits per heavy atom. The first-order valence-electron chi connectivity index (χ1n) is 9.09. The number of ether oxygens (including phenoxy) is 1. The smallest absolute Gasteiger partial charge is 0.290 e. The van der Waals surface area contributed by atoms with Gasteiger partial charge in [-0.25, -0.2) is 4.98 Å². The second-order valence-corrected chi connectivity index (χ2v) is 7.19. The van der Waals surface area contributed by atoms with Gasteiger partial charge in [0.1, 0.15) is 0 Å². The molecule has 0 atom stereocenters. The van der Waals surface area contributed by atoms with Crippen molar-refractivity contribution in [2.75, 3.05) is 12.4 Å². The van der Waals surface area contributed by atoms with Gasteiger partial charge in [-0.1, -0.05) is 31.5 Å². The Morgan fingerprint density at radius 3 is 2.53 bits per heavy atom. The molecule has 8 heteroatoms. The molecule has 0 saturated carbocycles. The minimum atomic E-state index is -0.250. The van der Waals surface area contributed by atoms with E-state index in [4.69, 9.17) is 26.2 Å². The van der Waals surface area contributed by atoms with E-state index in [2.05, 4.69) is 10.3 Å². The van der Waals surface area contributed by atoms with Gasteiger partial charge in [0, 0.05) is 16.9 Å². The van der Waals surface area contributed by atoms with E-state index in [0.29, 0.717) is 33.2 Å². The molecule has 1 aromatic heterocycles. The highest BCUT2D eigenvalue weighted by molar-refractivity contribution is 6.34. The third-order valence-corrected chi connectivity index (χ3v) is 4.69. The monoisotopic (exact) mass is 430 g/mol. The largest absolute Gasteiger partial charge is 0.504 e. The van der Waals surface area contributed by atoms with Gasteiger partial charge in [0.25, 0.3) is 6.47 Å². The third kappa shape index (κ3) is 4.99. The maximum atomic E-state index is 12.0. The summed E-state index contributed by atoms with van der Waals surface area (Å²) in [6, 6.07) is 10.7. The number of aromatic nitrogens is 1. The fraction of sp³-hybridized carbons (Fsp3) is 0.227. The van der Waals surface area contributed by atoms with E-state index in [1.807, 2.05) is 32.9 Å². The summed E-state index contributed by atoms with van der Waals surface area (Å²) in [6.45, 7) is 5.35. The van der Waals surface area contributed by atoms with Gasteiger partial charge in [-0.05, 0) is 42.8 Å². The summed E-state index contributed by atoms with van der Waals surface area (Å²) in [4.78, 5) is 25.0. The molecule has 3 N–H and O–H groups in total. The molecular formula is C22H23ClN2O5. The molecule has 3 aromatic rings. The van der Waals surface area contributed by atoms with Crippen LogP contribution in [-0.4, -0.2) is 34.7 Å². The van der Waals surface area contributed by atoms with Gasteiger partial charge in [0.15, 0.2) is 11.5 Å². The summed E-state index contributed by atoms with van der Waals surface area (Å²) in [5.41, 5.74) is 3.39. The number of para-hydroxylation sites is 1. The van der Waals surface area contributed by atoms with Gasteiger partial charge in [-0.2, -0.15) is 0 Å². The first-order valence-corrected chi connectivity index (χ1v) is 9.47. The van der Waals surface area contributed by atoms with Gasteiger partial charge >= 0.3 is 0 Å². The highest BCUT2D eigenvalue weighted by atomic mass is 35.5. The summed E-state index contributed by atoms with van der Waals surface area (Å²) < 4.78 is 5.18. The van der Waals surface area contributed by atoms with E-state index < -0.39 is 0 Å². The van der Waals surface area contributed by atoms with E-state index in [0.717, 1.165) is 10.9 Å². The summed E-state index contributed by atoms with van der Waals surface area (Å²) >= 11 is 6.36.